The lowest BCUT2D eigenvalue weighted by atomic mass is 10.2. The van der Waals surface area contributed by atoms with Gasteiger partial charge in [0, 0.05) is 17.5 Å². The minimum absolute atomic E-state index is 0.208. The first kappa shape index (κ1) is 12.6. The van der Waals surface area contributed by atoms with E-state index >= 15 is 0 Å². The quantitative estimate of drug-likeness (QED) is 0.728. The summed E-state index contributed by atoms with van der Waals surface area (Å²) in [6.07, 6.45) is 3.03. The van der Waals surface area contributed by atoms with Crippen molar-refractivity contribution in [2.45, 2.75) is 30.8 Å². The van der Waals surface area contributed by atoms with Crippen LogP contribution in [-0.2, 0) is 6.54 Å². The van der Waals surface area contributed by atoms with Gasteiger partial charge in [0.15, 0.2) is 0 Å². The van der Waals surface area contributed by atoms with Gasteiger partial charge in [-0.15, -0.1) is 11.8 Å². The minimum atomic E-state index is 0.208. The Morgan fingerprint density at radius 3 is 2.47 bits per heavy atom. The van der Waals surface area contributed by atoms with Gasteiger partial charge in [0.2, 0.25) is 0 Å². The van der Waals surface area contributed by atoms with E-state index in [0.29, 0.717) is 0 Å². The van der Waals surface area contributed by atoms with Crippen molar-refractivity contribution >= 4 is 11.8 Å². The number of aliphatic hydroxyl groups is 1. The summed E-state index contributed by atoms with van der Waals surface area (Å²) in [5.74, 6) is 0. The molecule has 1 aromatic rings. The molecule has 1 rings (SSSR count). The van der Waals surface area contributed by atoms with Crippen LogP contribution in [0.3, 0.4) is 0 Å². The van der Waals surface area contributed by atoms with Crippen LogP contribution in [0, 0.1) is 0 Å². The second-order valence-corrected chi connectivity index (χ2v) is 4.40. The monoisotopic (exact) mass is 225 g/mol. The molecule has 0 saturated heterocycles. The van der Waals surface area contributed by atoms with Crippen LogP contribution in [0.25, 0.3) is 0 Å². The molecule has 0 amide bonds. The van der Waals surface area contributed by atoms with Gasteiger partial charge in [-0.05, 0) is 30.4 Å². The smallest absolute Gasteiger partial charge is 0.0584 e. The van der Waals surface area contributed by atoms with Crippen molar-refractivity contribution < 1.29 is 5.11 Å². The first-order chi connectivity index (χ1) is 7.30. The summed E-state index contributed by atoms with van der Waals surface area (Å²) in [5, 5.41) is 12.3. The van der Waals surface area contributed by atoms with E-state index in [1.54, 1.807) is 11.8 Å². The molecule has 0 spiro atoms. The first-order valence-electron chi connectivity index (χ1n) is 5.27. The molecule has 0 aromatic heterocycles. The maximum Gasteiger partial charge on any atom is 0.0584 e. The SMILES string of the molecule is CCC(CO)NCc1ccc(SC)cc1. The summed E-state index contributed by atoms with van der Waals surface area (Å²) in [4.78, 5) is 1.29. The molecule has 15 heavy (non-hydrogen) atoms. The predicted octanol–water partition coefficient (Wildman–Crippen LogP) is 2.27. The van der Waals surface area contributed by atoms with Gasteiger partial charge in [0.25, 0.3) is 0 Å². The Labute approximate surface area is 96.1 Å². The molecule has 1 atom stereocenters. The normalized spacial score (nSPS) is 12.7. The van der Waals surface area contributed by atoms with Gasteiger partial charge < -0.3 is 10.4 Å². The zero-order valence-electron chi connectivity index (χ0n) is 9.36. The van der Waals surface area contributed by atoms with Gasteiger partial charge in [-0.1, -0.05) is 19.1 Å². The number of hydrogen-bond acceptors (Lipinski definition) is 3. The fourth-order valence-electron chi connectivity index (χ4n) is 1.34. The van der Waals surface area contributed by atoms with Crippen molar-refractivity contribution in [2.75, 3.05) is 12.9 Å². The summed E-state index contributed by atoms with van der Waals surface area (Å²) in [6.45, 7) is 3.11. The highest BCUT2D eigenvalue weighted by Gasteiger charge is 2.02. The van der Waals surface area contributed by atoms with Crippen molar-refractivity contribution in [3.8, 4) is 0 Å². The molecule has 1 unspecified atom stereocenters. The third kappa shape index (κ3) is 4.24. The van der Waals surface area contributed by atoms with Crippen LogP contribution in [0.15, 0.2) is 29.2 Å². The maximum atomic E-state index is 9.02. The van der Waals surface area contributed by atoms with E-state index in [4.69, 9.17) is 5.11 Å². The summed E-state index contributed by atoms with van der Waals surface area (Å²) in [6, 6.07) is 8.72. The van der Waals surface area contributed by atoms with Gasteiger partial charge in [-0.3, -0.25) is 0 Å². The molecule has 1 aromatic carbocycles. The van der Waals surface area contributed by atoms with Gasteiger partial charge in [-0.2, -0.15) is 0 Å². The third-order valence-corrected chi connectivity index (χ3v) is 3.21. The van der Waals surface area contributed by atoms with Crippen molar-refractivity contribution in [3.63, 3.8) is 0 Å². The number of rotatable bonds is 6. The molecule has 0 heterocycles. The Morgan fingerprint density at radius 2 is 2.00 bits per heavy atom. The number of nitrogens with one attached hydrogen (secondary N) is 1. The molecule has 2 nitrogen and oxygen atoms in total. The highest BCUT2D eigenvalue weighted by Crippen LogP contribution is 2.14. The average Bonchev–Trinajstić information content (AvgIpc) is 2.31. The fourth-order valence-corrected chi connectivity index (χ4v) is 1.75. The summed E-state index contributed by atoms with van der Waals surface area (Å²) in [7, 11) is 0. The molecule has 0 aliphatic heterocycles. The van der Waals surface area contributed by atoms with Crippen LogP contribution in [0.1, 0.15) is 18.9 Å². The lowest BCUT2D eigenvalue weighted by Crippen LogP contribution is -2.31. The third-order valence-electron chi connectivity index (χ3n) is 2.47. The molecular formula is C12H19NOS. The molecule has 3 heteroatoms. The zero-order chi connectivity index (χ0) is 11.1. The van der Waals surface area contributed by atoms with Crippen molar-refractivity contribution in [1.29, 1.82) is 0 Å². The van der Waals surface area contributed by atoms with Crippen LogP contribution in [0.5, 0.6) is 0 Å². The topological polar surface area (TPSA) is 32.3 Å². The predicted molar refractivity (Wildman–Crippen MR) is 66.2 cm³/mol. The minimum Gasteiger partial charge on any atom is -0.395 e. The van der Waals surface area contributed by atoms with Crippen molar-refractivity contribution in [2.24, 2.45) is 0 Å². The molecular weight excluding hydrogens is 206 g/mol. The van der Waals surface area contributed by atoms with Crippen LogP contribution in [0.4, 0.5) is 0 Å². The van der Waals surface area contributed by atoms with Crippen LogP contribution < -0.4 is 5.32 Å². The largest absolute Gasteiger partial charge is 0.395 e. The number of thioether (sulfide) groups is 1. The molecule has 0 aliphatic rings. The second-order valence-electron chi connectivity index (χ2n) is 3.52. The van der Waals surface area contributed by atoms with E-state index in [1.807, 2.05) is 0 Å². The Hall–Kier alpha value is -0.510. The fraction of sp³-hybridized carbons (Fsp3) is 0.500. The first-order valence-corrected chi connectivity index (χ1v) is 6.49. The molecule has 2 N–H and O–H groups in total. The standard InChI is InChI=1S/C12H19NOS/c1-3-11(9-14)13-8-10-4-6-12(15-2)7-5-10/h4-7,11,13-14H,3,8-9H2,1-2H3. The lowest BCUT2D eigenvalue weighted by Gasteiger charge is -2.13. The molecule has 0 radical (unpaired) electrons. The highest BCUT2D eigenvalue weighted by atomic mass is 32.2. The summed E-state index contributed by atoms with van der Waals surface area (Å²) < 4.78 is 0. The molecule has 84 valence electrons. The second kappa shape index (κ2) is 6.88. The van der Waals surface area contributed by atoms with Crippen LogP contribution >= 0.6 is 11.8 Å². The van der Waals surface area contributed by atoms with E-state index in [2.05, 4.69) is 42.8 Å². The Bertz CT molecular complexity index is 269. The van der Waals surface area contributed by atoms with Gasteiger partial charge in [0.05, 0.1) is 6.61 Å². The van der Waals surface area contributed by atoms with Gasteiger partial charge >= 0.3 is 0 Å². The Morgan fingerprint density at radius 1 is 1.33 bits per heavy atom. The van der Waals surface area contributed by atoms with Gasteiger partial charge in [0.1, 0.15) is 0 Å². The van der Waals surface area contributed by atoms with Crippen LogP contribution in [0.2, 0.25) is 0 Å². The molecule has 0 saturated carbocycles. The van der Waals surface area contributed by atoms with E-state index in [1.165, 1.54) is 10.5 Å². The van der Waals surface area contributed by atoms with E-state index < -0.39 is 0 Å². The lowest BCUT2D eigenvalue weighted by molar-refractivity contribution is 0.238. The summed E-state index contributed by atoms with van der Waals surface area (Å²) >= 11 is 1.75. The van der Waals surface area contributed by atoms with E-state index in [-0.39, 0.29) is 12.6 Å². The number of hydrogen-bond donors (Lipinski definition) is 2. The van der Waals surface area contributed by atoms with Gasteiger partial charge in [-0.25, -0.2) is 0 Å². The molecule has 0 fully saturated rings. The Kier molecular flexibility index (Phi) is 5.76. The summed E-state index contributed by atoms with van der Waals surface area (Å²) in [5.41, 5.74) is 1.26. The van der Waals surface area contributed by atoms with Crippen molar-refractivity contribution in [1.82, 2.24) is 5.32 Å². The zero-order valence-corrected chi connectivity index (χ0v) is 10.2. The molecule has 0 bridgehead atoms. The number of aliphatic hydroxyl groups excluding tert-OH is 1. The van der Waals surface area contributed by atoms with E-state index in [0.717, 1.165) is 13.0 Å². The van der Waals surface area contributed by atoms with Crippen molar-refractivity contribution in [3.05, 3.63) is 29.8 Å². The molecule has 0 aliphatic carbocycles. The maximum absolute atomic E-state index is 9.02. The number of benzene rings is 1. The highest BCUT2D eigenvalue weighted by molar-refractivity contribution is 7.98. The van der Waals surface area contributed by atoms with E-state index in [9.17, 15) is 0 Å². The Balaban J connectivity index is 2.43. The van der Waals surface area contributed by atoms with Crippen LogP contribution in [-0.4, -0.2) is 24.0 Å². The average molecular weight is 225 g/mol.